The van der Waals surface area contributed by atoms with Gasteiger partial charge in [-0.1, -0.05) is 0 Å². The molecule has 0 bridgehead atoms. The Kier molecular flexibility index (Phi) is 9.15. The number of methoxy groups -OCH3 is 2. The highest BCUT2D eigenvalue weighted by Crippen LogP contribution is 2.54. The number of rotatable bonds is 11. The molecule has 0 amide bonds. The molecule has 156 valence electrons. The Labute approximate surface area is 160 Å². The average Bonchev–Trinajstić information content (AvgIpc) is 2.33. The van der Waals surface area contributed by atoms with Gasteiger partial charge < -0.3 is 22.3 Å². The molecule has 0 unspecified atom stereocenters. The molecule has 0 aliphatic heterocycles. The Morgan fingerprint density at radius 2 is 1.19 bits per heavy atom. The summed E-state index contributed by atoms with van der Waals surface area (Å²) in [7, 11) is -8.03. The summed E-state index contributed by atoms with van der Waals surface area (Å²) >= 11 is 0. The lowest BCUT2D eigenvalue weighted by Crippen LogP contribution is -2.51. The van der Waals surface area contributed by atoms with Crippen molar-refractivity contribution < 1.29 is 36.2 Å². The molecule has 0 rings (SSSR count). The summed E-state index contributed by atoms with van der Waals surface area (Å²) in [5.74, 6) is -2.57. The third-order valence-corrected chi connectivity index (χ3v) is 9.97. The quantitative estimate of drug-likeness (QED) is 0.265. The Morgan fingerprint density at radius 1 is 0.808 bits per heavy atom. The van der Waals surface area contributed by atoms with Crippen LogP contribution < -0.4 is 0 Å². The monoisotopic (exact) mass is 446 g/mol. The molecule has 26 heavy (non-hydrogen) atoms. The van der Waals surface area contributed by atoms with E-state index in [0.717, 1.165) is 0 Å². The van der Waals surface area contributed by atoms with Crippen LogP contribution in [-0.4, -0.2) is 57.5 Å². The van der Waals surface area contributed by atoms with Crippen LogP contribution in [0.1, 0.15) is 0 Å². The minimum Gasteiger partial charge on any atom is -0.516 e. The zero-order valence-electron chi connectivity index (χ0n) is 17.9. The van der Waals surface area contributed by atoms with Crippen LogP contribution in [0.25, 0.3) is 0 Å². The first-order chi connectivity index (χ1) is 11.4. The molecular formula is C14H35O8PSi3. The van der Waals surface area contributed by atoms with Gasteiger partial charge in [0.2, 0.25) is 8.32 Å². The number of hydrogen-bond donors (Lipinski definition) is 0. The average molecular weight is 447 g/mol. The van der Waals surface area contributed by atoms with Crippen LogP contribution in [0.5, 0.6) is 0 Å². The molecule has 0 atom stereocenters. The zero-order valence-corrected chi connectivity index (χ0v) is 21.8. The fraction of sp³-hybridized carbons (Fsp3) is 0.929. The van der Waals surface area contributed by atoms with Crippen molar-refractivity contribution in [3.63, 3.8) is 0 Å². The summed E-state index contributed by atoms with van der Waals surface area (Å²) in [4.78, 5) is 12.6. The molecule has 0 aromatic carbocycles. The van der Waals surface area contributed by atoms with Crippen molar-refractivity contribution in [2.24, 2.45) is 0 Å². The largest absolute Gasteiger partial charge is 0.516 e. The van der Waals surface area contributed by atoms with Crippen LogP contribution in [0.2, 0.25) is 58.9 Å². The lowest BCUT2D eigenvalue weighted by molar-refractivity contribution is -0.233. The Balaban J connectivity index is 5.54. The van der Waals surface area contributed by atoms with Gasteiger partial charge in [0.1, 0.15) is 6.61 Å². The third-order valence-electron chi connectivity index (χ3n) is 2.55. The van der Waals surface area contributed by atoms with Crippen molar-refractivity contribution in [2.75, 3.05) is 20.8 Å². The van der Waals surface area contributed by atoms with Gasteiger partial charge in [0.25, 0.3) is 5.79 Å². The molecule has 0 aromatic heterocycles. The summed E-state index contributed by atoms with van der Waals surface area (Å²) < 4.78 is 46.0. The Bertz CT molecular complexity index is 498. The van der Waals surface area contributed by atoms with Crippen molar-refractivity contribution in [1.29, 1.82) is 0 Å². The second-order valence-corrected chi connectivity index (χ2v) is 24.3. The van der Waals surface area contributed by atoms with E-state index in [0.29, 0.717) is 0 Å². The van der Waals surface area contributed by atoms with Gasteiger partial charge in [-0.25, -0.2) is 9.36 Å². The lowest BCUT2D eigenvalue weighted by atomic mass is 10.3. The van der Waals surface area contributed by atoms with Crippen molar-refractivity contribution in [3.05, 3.63) is 0 Å². The van der Waals surface area contributed by atoms with Crippen LogP contribution in [0.15, 0.2) is 0 Å². The Morgan fingerprint density at radius 3 is 1.46 bits per heavy atom. The summed E-state index contributed by atoms with van der Waals surface area (Å²) in [5.41, 5.74) is 0. The lowest BCUT2D eigenvalue weighted by Gasteiger charge is -2.34. The van der Waals surface area contributed by atoms with E-state index in [9.17, 15) is 9.36 Å². The SMILES string of the molecule is COC(COP(=O)(O[Si](C)(C)C)O[Si](C)(C)C)(OC)C(=O)O[Si](C)(C)C. The minimum absolute atomic E-state index is 0.477. The maximum Gasteiger partial charge on any atom is 0.455 e. The summed E-state index contributed by atoms with van der Waals surface area (Å²) in [5, 5.41) is 0. The van der Waals surface area contributed by atoms with Gasteiger partial charge in [-0.15, -0.1) is 0 Å². The molecule has 0 spiro atoms. The predicted molar refractivity (Wildman–Crippen MR) is 109 cm³/mol. The van der Waals surface area contributed by atoms with Gasteiger partial charge in [0.15, 0.2) is 16.6 Å². The number of phosphoric acid groups is 1. The first kappa shape index (κ1) is 26.2. The van der Waals surface area contributed by atoms with E-state index in [1.165, 1.54) is 14.2 Å². The maximum atomic E-state index is 13.2. The molecule has 0 heterocycles. The molecular weight excluding hydrogens is 411 g/mol. The van der Waals surface area contributed by atoms with Crippen molar-refractivity contribution >= 4 is 38.7 Å². The predicted octanol–water partition coefficient (Wildman–Crippen LogP) is 4.18. The Hall–Kier alpha value is 0.151. The molecule has 0 N–H and O–H groups in total. The van der Waals surface area contributed by atoms with E-state index < -0.39 is 51.1 Å². The molecule has 0 aliphatic carbocycles. The van der Waals surface area contributed by atoms with Crippen LogP contribution in [0.4, 0.5) is 0 Å². The van der Waals surface area contributed by atoms with Crippen LogP contribution in [0.3, 0.4) is 0 Å². The fourth-order valence-corrected chi connectivity index (χ4v) is 9.00. The molecule has 0 saturated heterocycles. The van der Waals surface area contributed by atoms with Gasteiger partial charge in [-0.05, 0) is 58.9 Å². The van der Waals surface area contributed by atoms with Crippen molar-refractivity contribution in [2.45, 2.75) is 64.7 Å². The minimum atomic E-state index is -3.91. The van der Waals surface area contributed by atoms with Gasteiger partial charge in [-0.3, -0.25) is 4.52 Å². The molecule has 12 heteroatoms. The number of hydrogen-bond acceptors (Lipinski definition) is 8. The first-order valence-corrected chi connectivity index (χ1v) is 20.1. The van der Waals surface area contributed by atoms with Crippen molar-refractivity contribution in [3.8, 4) is 0 Å². The van der Waals surface area contributed by atoms with Gasteiger partial charge in [-0.2, -0.15) is 0 Å². The second-order valence-electron chi connectivity index (χ2n) is 8.79. The van der Waals surface area contributed by atoms with E-state index in [-0.39, 0.29) is 0 Å². The standard InChI is InChI=1S/C14H35O8PSi3/c1-17-14(18-2,13(15)20-24(3,4)5)12-19-23(16,21-25(6,7)8)22-26(9,10)11/h12H2,1-11H3. The van der Waals surface area contributed by atoms with Gasteiger partial charge in [0, 0.05) is 14.2 Å². The van der Waals surface area contributed by atoms with Gasteiger partial charge >= 0.3 is 13.8 Å². The molecule has 0 radical (unpaired) electrons. The molecule has 0 saturated carbocycles. The molecule has 0 fully saturated rings. The number of ether oxygens (including phenoxy) is 2. The number of carbonyl (C=O) groups excluding carboxylic acids is 1. The highest BCUT2D eigenvalue weighted by Gasteiger charge is 2.47. The molecule has 8 nitrogen and oxygen atoms in total. The second kappa shape index (κ2) is 9.10. The van der Waals surface area contributed by atoms with Crippen LogP contribution >= 0.6 is 7.82 Å². The smallest absolute Gasteiger partial charge is 0.455 e. The van der Waals surface area contributed by atoms with E-state index in [2.05, 4.69) is 0 Å². The van der Waals surface area contributed by atoms with Crippen molar-refractivity contribution in [1.82, 2.24) is 0 Å². The van der Waals surface area contributed by atoms with Crippen LogP contribution in [-0.2, 0) is 36.2 Å². The highest BCUT2D eigenvalue weighted by atomic mass is 31.2. The third kappa shape index (κ3) is 9.90. The normalized spacial score (nSPS) is 14.4. The maximum absolute atomic E-state index is 13.2. The zero-order chi connectivity index (χ0) is 21.0. The fourth-order valence-electron chi connectivity index (χ4n) is 1.69. The van der Waals surface area contributed by atoms with Crippen LogP contribution in [0, 0.1) is 0 Å². The summed E-state index contributed by atoms with van der Waals surface area (Å²) in [6.45, 7) is 16.3. The van der Waals surface area contributed by atoms with Gasteiger partial charge in [0.05, 0.1) is 0 Å². The first-order valence-electron chi connectivity index (χ1n) is 8.37. The molecule has 0 aliphatic rings. The van der Waals surface area contributed by atoms with E-state index in [1.54, 1.807) is 0 Å². The topological polar surface area (TPSA) is 89.5 Å². The summed E-state index contributed by atoms with van der Waals surface area (Å²) in [6.07, 6.45) is 0. The highest BCUT2D eigenvalue weighted by molar-refractivity contribution is 7.52. The van der Waals surface area contributed by atoms with E-state index in [1.807, 2.05) is 58.9 Å². The molecule has 0 aromatic rings. The summed E-state index contributed by atoms with van der Waals surface area (Å²) in [6, 6.07) is 0. The van der Waals surface area contributed by atoms with E-state index in [4.69, 9.17) is 26.8 Å². The number of carbonyl (C=O) groups is 1. The van der Waals surface area contributed by atoms with E-state index >= 15 is 0 Å².